The van der Waals surface area contributed by atoms with E-state index < -0.39 is 0 Å². The molecule has 1 heterocycles. The summed E-state index contributed by atoms with van der Waals surface area (Å²) in [5.74, 6) is 2.07. The summed E-state index contributed by atoms with van der Waals surface area (Å²) in [6.07, 6.45) is 5.89. The molecule has 20 heavy (non-hydrogen) atoms. The van der Waals surface area contributed by atoms with Crippen LogP contribution in [0.3, 0.4) is 0 Å². The molecule has 2 fully saturated rings. The fourth-order valence-corrected chi connectivity index (χ4v) is 4.25. The van der Waals surface area contributed by atoms with Crippen LogP contribution in [0.5, 0.6) is 0 Å². The molecule has 1 aromatic rings. The van der Waals surface area contributed by atoms with E-state index in [1.54, 1.807) is 0 Å². The maximum absolute atomic E-state index is 12.7. The summed E-state index contributed by atoms with van der Waals surface area (Å²) < 4.78 is 0. The van der Waals surface area contributed by atoms with Crippen LogP contribution in [0.25, 0.3) is 0 Å². The summed E-state index contributed by atoms with van der Waals surface area (Å²) in [7, 11) is 0. The number of amides is 1. The minimum Gasteiger partial charge on any atom is -0.398 e. The average molecular weight is 293 g/mol. The number of benzene rings is 1. The quantitative estimate of drug-likeness (QED) is 0.809. The molecule has 2 N–H and O–H groups in total. The lowest BCUT2D eigenvalue weighted by Gasteiger charge is -2.31. The van der Waals surface area contributed by atoms with E-state index in [9.17, 15) is 4.79 Å². The van der Waals surface area contributed by atoms with Crippen LogP contribution in [0, 0.1) is 17.8 Å². The Kier molecular flexibility index (Phi) is 3.41. The number of hydrogen-bond donors (Lipinski definition) is 1. The molecule has 4 rings (SSSR count). The summed E-state index contributed by atoms with van der Waals surface area (Å²) >= 11 is 0. The van der Waals surface area contributed by atoms with Gasteiger partial charge >= 0.3 is 0 Å². The number of rotatable bonds is 1. The van der Waals surface area contributed by atoms with Crippen molar-refractivity contribution in [1.29, 1.82) is 0 Å². The number of nitrogen functional groups attached to an aromatic ring is 1. The van der Waals surface area contributed by atoms with Crippen LogP contribution in [0.2, 0.25) is 0 Å². The number of nitrogens with two attached hydrogens (primary N) is 1. The summed E-state index contributed by atoms with van der Waals surface area (Å²) in [5, 5.41) is 0. The number of carbonyl (C=O) groups excluding carboxylic acids is 1. The normalized spacial score (nSPS) is 30.2. The van der Waals surface area contributed by atoms with Gasteiger partial charge in [-0.2, -0.15) is 0 Å². The third-order valence-corrected chi connectivity index (χ3v) is 5.24. The van der Waals surface area contributed by atoms with Crippen LogP contribution >= 0.6 is 12.4 Å². The van der Waals surface area contributed by atoms with Gasteiger partial charge in [0.1, 0.15) is 0 Å². The van der Waals surface area contributed by atoms with E-state index in [-0.39, 0.29) is 12.4 Å². The predicted octanol–water partition coefficient (Wildman–Crippen LogP) is 3.02. The standard InChI is InChI=1S/C16H20N2O.ClH/c17-13-7-2-8-14-12(13)6-3-9-18(14)16(19)15-10-4-1-5-11(10)15;/h2,7-8,10-11,15H,1,3-6,9,17H2;1H. The van der Waals surface area contributed by atoms with Gasteiger partial charge < -0.3 is 10.6 Å². The second kappa shape index (κ2) is 4.96. The second-order valence-corrected chi connectivity index (χ2v) is 6.22. The molecule has 2 unspecified atom stereocenters. The maximum atomic E-state index is 12.7. The van der Waals surface area contributed by atoms with E-state index in [2.05, 4.69) is 6.07 Å². The Morgan fingerprint density at radius 2 is 1.95 bits per heavy atom. The summed E-state index contributed by atoms with van der Waals surface area (Å²) in [4.78, 5) is 14.7. The molecule has 0 spiro atoms. The molecule has 1 amide bonds. The van der Waals surface area contributed by atoms with Crippen molar-refractivity contribution in [3.05, 3.63) is 23.8 Å². The largest absolute Gasteiger partial charge is 0.398 e. The molecule has 0 radical (unpaired) electrons. The van der Waals surface area contributed by atoms with Crippen LogP contribution < -0.4 is 10.6 Å². The first-order valence-electron chi connectivity index (χ1n) is 7.46. The van der Waals surface area contributed by atoms with Gasteiger partial charge in [-0.1, -0.05) is 12.5 Å². The highest BCUT2D eigenvalue weighted by molar-refractivity contribution is 5.99. The molecule has 0 saturated heterocycles. The molecule has 3 aliphatic rings. The lowest BCUT2D eigenvalue weighted by atomic mass is 9.99. The highest BCUT2D eigenvalue weighted by Gasteiger charge is 2.57. The second-order valence-electron chi connectivity index (χ2n) is 6.22. The van der Waals surface area contributed by atoms with Crippen molar-refractivity contribution in [1.82, 2.24) is 0 Å². The van der Waals surface area contributed by atoms with Crippen LogP contribution in [0.4, 0.5) is 11.4 Å². The smallest absolute Gasteiger partial charge is 0.230 e. The van der Waals surface area contributed by atoms with Gasteiger partial charge in [0, 0.05) is 23.8 Å². The lowest BCUT2D eigenvalue weighted by Crippen LogP contribution is -2.37. The first kappa shape index (κ1) is 13.7. The summed E-state index contributed by atoms with van der Waals surface area (Å²) in [6.45, 7) is 0.866. The minimum atomic E-state index is 0. The Morgan fingerprint density at radius 1 is 1.20 bits per heavy atom. The first-order valence-corrected chi connectivity index (χ1v) is 7.46. The van der Waals surface area contributed by atoms with Crippen molar-refractivity contribution in [2.45, 2.75) is 32.1 Å². The number of halogens is 1. The van der Waals surface area contributed by atoms with Gasteiger partial charge in [-0.15, -0.1) is 12.4 Å². The zero-order valence-electron chi connectivity index (χ0n) is 11.5. The van der Waals surface area contributed by atoms with Crippen molar-refractivity contribution in [2.75, 3.05) is 17.2 Å². The summed E-state index contributed by atoms with van der Waals surface area (Å²) in [6, 6.07) is 5.97. The van der Waals surface area contributed by atoms with E-state index in [4.69, 9.17) is 5.73 Å². The van der Waals surface area contributed by atoms with Gasteiger partial charge in [0.15, 0.2) is 0 Å². The van der Waals surface area contributed by atoms with E-state index in [1.807, 2.05) is 17.0 Å². The van der Waals surface area contributed by atoms with E-state index in [1.165, 1.54) is 24.8 Å². The van der Waals surface area contributed by atoms with Crippen LogP contribution in [-0.4, -0.2) is 12.5 Å². The number of fused-ring (bicyclic) bond motifs is 2. The molecule has 0 bridgehead atoms. The molecular weight excluding hydrogens is 272 g/mol. The van der Waals surface area contributed by atoms with E-state index >= 15 is 0 Å². The third kappa shape index (κ3) is 1.91. The first-order chi connectivity index (χ1) is 9.27. The topological polar surface area (TPSA) is 46.3 Å². The highest BCUT2D eigenvalue weighted by Crippen LogP contribution is 2.58. The van der Waals surface area contributed by atoms with Gasteiger partial charge in [0.05, 0.1) is 0 Å². The van der Waals surface area contributed by atoms with Crippen molar-refractivity contribution in [3.63, 3.8) is 0 Å². The van der Waals surface area contributed by atoms with E-state index in [0.717, 1.165) is 30.8 Å². The number of hydrogen-bond acceptors (Lipinski definition) is 2. The minimum absolute atomic E-state index is 0. The number of anilines is 2. The van der Waals surface area contributed by atoms with Crippen molar-refractivity contribution >= 4 is 29.7 Å². The Balaban J connectivity index is 0.00000121. The van der Waals surface area contributed by atoms with Crippen LogP contribution in [-0.2, 0) is 11.2 Å². The molecule has 2 saturated carbocycles. The highest BCUT2D eigenvalue weighted by atomic mass is 35.5. The zero-order chi connectivity index (χ0) is 13.0. The fourth-order valence-electron chi connectivity index (χ4n) is 4.25. The monoisotopic (exact) mass is 292 g/mol. The average Bonchev–Trinajstić information content (AvgIpc) is 2.90. The lowest BCUT2D eigenvalue weighted by molar-refractivity contribution is -0.120. The van der Waals surface area contributed by atoms with Gasteiger partial charge in [-0.25, -0.2) is 0 Å². The van der Waals surface area contributed by atoms with Crippen molar-refractivity contribution in [3.8, 4) is 0 Å². The van der Waals surface area contributed by atoms with Crippen molar-refractivity contribution < 1.29 is 4.79 Å². The molecule has 2 aliphatic carbocycles. The SMILES string of the molecule is Cl.Nc1cccc2c1CCCN2C(=O)C1C2CCCC21. The molecular formula is C16H21ClN2O. The zero-order valence-corrected chi connectivity index (χ0v) is 12.4. The number of nitrogens with zero attached hydrogens (tertiary/aromatic N) is 1. The Hall–Kier alpha value is -1.22. The van der Waals surface area contributed by atoms with Gasteiger partial charge in [-0.3, -0.25) is 4.79 Å². The molecule has 3 nitrogen and oxygen atoms in total. The molecule has 0 aromatic heterocycles. The number of carbonyl (C=O) groups is 1. The molecule has 2 atom stereocenters. The predicted molar refractivity (Wildman–Crippen MR) is 83.1 cm³/mol. The van der Waals surface area contributed by atoms with Crippen molar-refractivity contribution in [2.24, 2.45) is 17.8 Å². The molecule has 108 valence electrons. The molecule has 1 aliphatic heterocycles. The molecule has 4 heteroatoms. The van der Waals surface area contributed by atoms with E-state index in [0.29, 0.717) is 23.7 Å². The Morgan fingerprint density at radius 3 is 2.70 bits per heavy atom. The van der Waals surface area contributed by atoms with Crippen LogP contribution in [0.1, 0.15) is 31.2 Å². The Labute approximate surface area is 125 Å². The van der Waals surface area contributed by atoms with Gasteiger partial charge in [0.2, 0.25) is 5.91 Å². The van der Waals surface area contributed by atoms with Gasteiger partial charge in [0.25, 0.3) is 0 Å². The maximum Gasteiger partial charge on any atom is 0.230 e. The fraction of sp³-hybridized carbons (Fsp3) is 0.562. The summed E-state index contributed by atoms with van der Waals surface area (Å²) in [5.41, 5.74) is 9.13. The van der Waals surface area contributed by atoms with Crippen LogP contribution in [0.15, 0.2) is 18.2 Å². The van der Waals surface area contributed by atoms with Gasteiger partial charge in [-0.05, 0) is 55.2 Å². The molecule has 1 aromatic carbocycles. The third-order valence-electron chi connectivity index (χ3n) is 5.24. The Bertz CT molecular complexity index is 535.